The Morgan fingerprint density at radius 1 is 0.577 bits per heavy atom. The van der Waals surface area contributed by atoms with Gasteiger partial charge in [-0.2, -0.15) is 0 Å². The lowest BCUT2D eigenvalue weighted by Gasteiger charge is -2.18. The maximum Gasteiger partial charge on any atom is 0.0337 e. The van der Waals surface area contributed by atoms with E-state index in [-0.39, 0.29) is 0 Å². The van der Waals surface area contributed by atoms with Gasteiger partial charge in [0.25, 0.3) is 0 Å². The molecule has 0 aliphatic carbocycles. The number of hydrogen-bond acceptors (Lipinski definition) is 2. The van der Waals surface area contributed by atoms with Crippen LogP contribution in [0.2, 0.25) is 0 Å². The zero-order valence-electron chi connectivity index (χ0n) is 18.5. The van der Waals surface area contributed by atoms with Crippen molar-refractivity contribution in [1.29, 1.82) is 0 Å². The second kappa shape index (κ2) is 17.6. The van der Waals surface area contributed by atoms with E-state index in [9.17, 15) is 0 Å². The number of hydrogen-bond donors (Lipinski definition) is 2. The predicted octanol–water partition coefficient (Wildman–Crippen LogP) is 7.39. The van der Waals surface area contributed by atoms with Gasteiger partial charge in [-0.1, -0.05) is 84.6 Å². The fourth-order valence-corrected chi connectivity index (χ4v) is 3.87. The molecule has 0 saturated heterocycles. The molecule has 0 rings (SSSR count). The highest BCUT2D eigenvalue weighted by Gasteiger charge is 2.12. The van der Waals surface area contributed by atoms with Crippen molar-refractivity contribution < 1.29 is 0 Å². The number of nitrogens with two attached hydrogens (primary N) is 2. The van der Waals surface area contributed by atoms with Crippen LogP contribution in [0.15, 0.2) is 22.4 Å². The summed E-state index contributed by atoms with van der Waals surface area (Å²) in [5.41, 5.74) is 18.0. The second-order valence-corrected chi connectivity index (χ2v) is 7.67. The monoisotopic (exact) mass is 364 g/mol. The lowest BCUT2D eigenvalue weighted by atomic mass is 9.90. The summed E-state index contributed by atoms with van der Waals surface area (Å²) in [6.07, 6.45) is 18.8. The summed E-state index contributed by atoms with van der Waals surface area (Å²) in [4.78, 5) is 0. The van der Waals surface area contributed by atoms with E-state index in [0.29, 0.717) is 0 Å². The Bertz CT molecular complexity index is 393. The van der Waals surface area contributed by atoms with Crippen molar-refractivity contribution >= 4 is 0 Å². The summed E-state index contributed by atoms with van der Waals surface area (Å²) in [5, 5.41) is 0. The third-order valence-corrected chi connectivity index (χ3v) is 5.47. The Labute approximate surface area is 164 Å². The van der Waals surface area contributed by atoms with Gasteiger partial charge in [-0.15, -0.1) is 0 Å². The molecule has 4 N–H and O–H groups in total. The molecule has 0 heterocycles. The van der Waals surface area contributed by atoms with Crippen molar-refractivity contribution in [3.63, 3.8) is 0 Å². The van der Waals surface area contributed by atoms with Crippen LogP contribution in [0.1, 0.15) is 124 Å². The van der Waals surface area contributed by atoms with Gasteiger partial charge in [0.2, 0.25) is 0 Å². The molecular weight excluding hydrogens is 316 g/mol. The molecule has 0 aromatic carbocycles. The van der Waals surface area contributed by atoms with Gasteiger partial charge in [0, 0.05) is 5.70 Å². The first kappa shape index (κ1) is 25.2. The second-order valence-electron chi connectivity index (χ2n) is 7.67. The molecule has 0 saturated carbocycles. The first-order valence-corrected chi connectivity index (χ1v) is 11.5. The molecule has 0 aliphatic heterocycles. The molecular formula is C24H48N2. The molecule has 0 spiro atoms. The highest BCUT2D eigenvalue weighted by Crippen LogP contribution is 2.28. The van der Waals surface area contributed by atoms with Crippen LogP contribution in [0, 0.1) is 0 Å². The molecule has 2 nitrogen and oxygen atoms in total. The standard InChI is InChI=1S/C24H48N2/c1-5-17-21(7-3)23(24(26)22(8-4)18-6-2)19-15-13-11-9-10-12-14-16-20-25/h5-20,25-26H2,1-4H3. The Morgan fingerprint density at radius 2 is 1.04 bits per heavy atom. The first-order chi connectivity index (χ1) is 12.7. The van der Waals surface area contributed by atoms with Gasteiger partial charge in [0.05, 0.1) is 0 Å². The van der Waals surface area contributed by atoms with E-state index in [4.69, 9.17) is 11.5 Å². The van der Waals surface area contributed by atoms with Crippen LogP contribution in [-0.2, 0) is 0 Å². The summed E-state index contributed by atoms with van der Waals surface area (Å²) in [6.45, 7) is 9.94. The van der Waals surface area contributed by atoms with Crippen LogP contribution in [0.25, 0.3) is 0 Å². The van der Waals surface area contributed by atoms with Gasteiger partial charge in [0.1, 0.15) is 0 Å². The van der Waals surface area contributed by atoms with Gasteiger partial charge < -0.3 is 11.5 Å². The van der Waals surface area contributed by atoms with Crippen LogP contribution < -0.4 is 11.5 Å². The number of rotatable bonds is 17. The molecule has 2 heteroatoms. The van der Waals surface area contributed by atoms with Crippen molar-refractivity contribution in [2.24, 2.45) is 11.5 Å². The summed E-state index contributed by atoms with van der Waals surface area (Å²) in [7, 11) is 0. The highest BCUT2D eigenvalue weighted by atomic mass is 14.6. The summed E-state index contributed by atoms with van der Waals surface area (Å²) in [6, 6.07) is 0. The Morgan fingerprint density at radius 3 is 1.50 bits per heavy atom. The fraction of sp³-hybridized carbons (Fsp3) is 0.833. The van der Waals surface area contributed by atoms with E-state index < -0.39 is 0 Å². The maximum atomic E-state index is 6.69. The van der Waals surface area contributed by atoms with Gasteiger partial charge in [-0.05, 0) is 62.6 Å². The van der Waals surface area contributed by atoms with Crippen molar-refractivity contribution in [1.82, 2.24) is 0 Å². The van der Waals surface area contributed by atoms with Crippen LogP contribution in [-0.4, -0.2) is 6.54 Å². The van der Waals surface area contributed by atoms with E-state index in [0.717, 1.165) is 31.5 Å². The quantitative estimate of drug-likeness (QED) is 0.209. The molecule has 0 amide bonds. The predicted molar refractivity (Wildman–Crippen MR) is 119 cm³/mol. The molecule has 0 atom stereocenters. The van der Waals surface area contributed by atoms with Gasteiger partial charge in [0.15, 0.2) is 0 Å². The molecule has 26 heavy (non-hydrogen) atoms. The smallest absolute Gasteiger partial charge is 0.0337 e. The molecule has 0 radical (unpaired) electrons. The van der Waals surface area contributed by atoms with E-state index in [1.165, 1.54) is 88.2 Å². The Kier molecular flexibility index (Phi) is 17.1. The van der Waals surface area contributed by atoms with Crippen molar-refractivity contribution in [3.05, 3.63) is 22.4 Å². The Balaban J connectivity index is 4.66. The molecule has 0 bridgehead atoms. The normalized spacial score (nSPS) is 13.6. The lowest BCUT2D eigenvalue weighted by Crippen LogP contribution is -2.09. The zero-order chi connectivity index (χ0) is 19.6. The first-order valence-electron chi connectivity index (χ1n) is 11.5. The van der Waals surface area contributed by atoms with Crippen LogP contribution >= 0.6 is 0 Å². The number of unbranched alkanes of at least 4 members (excludes halogenated alkanes) is 7. The average Bonchev–Trinajstić information content (AvgIpc) is 2.65. The molecule has 0 fully saturated rings. The fourth-order valence-electron chi connectivity index (χ4n) is 3.87. The average molecular weight is 365 g/mol. The van der Waals surface area contributed by atoms with E-state index in [1.54, 1.807) is 5.57 Å². The van der Waals surface area contributed by atoms with Gasteiger partial charge in [-0.3, -0.25) is 0 Å². The minimum atomic E-state index is 0.847. The van der Waals surface area contributed by atoms with E-state index in [1.807, 2.05) is 0 Å². The van der Waals surface area contributed by atoms with Crippen LogP contribution in [0.3, 0.4) is 0 Å². The maximum absolute atomic E-state index is 6.69. The molecule has 0 aromatic rings. The largest absolute Gasteiger partial charge is 0.399 e. The van der Waals surface area contributed by atoms with E-state index in [2.05, 4.69) is 27.7 Å². The molecule has 0 aliphatic rings. The Hall–Kier alpha value is -0.760. The van der Waals surface area contributed by atoms with Gasteiger partial charge >= 0.3 is 0 Å². The van der Waals surface area contributed by atoms with Crippen LogP contribution in [0.4, 0.5) is 0 Å². The summed E-state index contributed by atoms with van der Waals surface area (Å²) >= 11 is 0. The lowest BCUT2D eigenvalue weighted by molar-refractivity contribution is 0.568. The van der Waals surface area contributed by atoms with Crippen LogP contribution in [0.5, 0.6) is 0 Å². The molecule has 0 aromatic heterocycles. The minimum absolute atomic E-state index is 0.847. The van der Waals surface area contributed by atoms with Crippen molar-refractivity contribution in [2.45, 2.75) is 124 Å². The summed E-state index contributed by atoms with van der Waals surface area (Å²) in [5.74, 6) is 0. The SMILES string of the molecule is CCCC(CC)=C(N)C(CCCCCCCCCCN)=C(CC)CCC. The highest BCUT2D eigenvalue weighted by molar-refractivity contribution is 5.37. The summed E-state index contributed by atoms with van der Waals surface area (Å²) < 4.78 is 0. The number of allylic oxidation sites excluding steroid dienone is 3. The third kappa shape index (κ3) is 11.1. The topological polar surface area (TPSA) is 52.0 Å². The molecule has 154 valence electrons. The third-order valence-electron chi connectivity index (χ3n) is 5.47. The molecule has 0 unspecified atom stereocenters. The zero-order valence-corrected chi connectivity index (χ0v) is 18.5. The minimum Gasteiger partial charge on any atom is -0.399 e. The van der Waals surface area contributed by atoms with Gasteiger partial charge in [-0.25, -0.2) is 0 Å². The van der Waals surface area contributed by atoms with Crippen molar-refractivity contribution in [3.8, 4) is 0 Å². The van der Waals surface area contributed by atoms with E-state index >= 15 is 0 Å². The van der Waals surface area contributed by atoms with Crippen molar-refractivity contribution in [2.75, 3.05) is 6.54 Å².